The van der Waals surface area contributed by atoms with Gasteiger partial charge in [0.1, 0.15) is 5.50 Å². The lowest BCUT2D eigenvalue weighted by atomic mass is 10.4. The number of hydrogen-bond acceptors (Lipinski definition) is 4. The number of carbonyl (C=O) groups excluding carboxylic acids is 1. The highest BCUT2D eigenvalue weighted by Gasteiger charge is 2.22. The van der Waals surface area contributed by atoms with Gasteiger partial charge in [-0.05, 0) is 22.6 Å². The van der Waals surface area contributed by atoms with E-state index >= 15 is 0 Å². The summed E-state index contributed by atoms with van der Waals surface area (Å²) >= 11 is 6.35. The Labute approximate surface area is 96.2 Å². The molecule has 0 aromatic carbocycles. The van der Waals surface area contributed by atoms with E-state index in [1.807, 2.05) is 4.90 Å². The minimum Gasteiger partial charge on any atom is -0.383 e. The molecule has 0 saturated carbocycles. The Kier molecular flexibility index (Phi) is 4.33. The molecule has 1 amide bonds. The number of methoxy groups -OCH3 is 1. The van der Waals surface area contributed by atoms with Crippen LogP contribution >= 0.6 is 35.2 Å². The van der Waals surface area contributed by atoms with Crippen molar-refractivity contribution in [3.05, 3.63) is 9.78 Å². The zero-order valence-corrected chi connectivity index (χ0v) is 10.2. The maximum Gasteiger partial charge on any atom is 0.248 e. The molecular weight excluding hydrogens is 303 g/mol. The van der Waals surface area contributed by atoms with Crippen molar-refractivity contribution in [3.8, 4) is 0 Å². The number of rotatable bonds is 3. The molecule has 4 nitrogen and oxygen atoms in total. The SMILES string of the molecule is COCCN1C(I)=CC(=O)NC1S. The molecule has 0 aromatic rings. The van der Waals surface area contributed by atoms with Crippen LogP contribution in [0.25, 0.3) is 0 Å². The van der Waals surface area contributed by atoms with Gasteiger partial charge < -0.3 is 15.0 Å². The van der Waals surface area contributed by atoms with E-state index in [2.05, 4.69) is 40.5 Å². The van der Waals surface area contributed by atoms with Crippen LogP contribution in [0.2, 0.25) is 0 Å². The Morgan fingerprint density at radius 2 is 2.54 bits per heavy atom. The summed E-state index contributed by atoms with van der Waals surface area (Å²) in [6.45, 7) is 1.34. The molecule has 6 heteroatoms. The first kappa shape index (κ1) is 11.1. The van der Waals surface area contributed by atoms with Gasteiger partial charge in [-0.3, -0.25) is 4.79 Å². The standard InChI is InChI=1S/C7H11IN2O2S/c1-12-3-2-10-5(8)4-6(11)9-7(10)13/h4,7,13H,2-3H2,1H3,(H,9,11). The van der Waals surface area contributed by atoms with Gasteiger partial charge in [0.2, 0.25) is 5.91 Å². The van der Waals surface area contributed by atoms with E-state index in [1.165, 1.54) is 0 Å². The van der Waals surface area contributed by atoms with Crippen LogP contribution < -0.4 is 5.32 Å². The predicted molar refractivity (Wildman–Crippen MR) is 61.6 cm³/mol. The van der Waals surface area contributed by atoms with Crippen molar-refractivity contribution in [3.63, 3.8) is 0 Å². The topological polar surface area (TPSA) is 41.6 Å². The minimum absolute atomic E-state index is 0.0990. The van der Waals surface area contributed by atoms with Crippen molar-refractivity contribution >= 4 is 41.1 Å². The van der Waals surface area contributed by atoms with Crippen LogP contribution in [-0.2, 0) is 9.53 Å². The monoisotopic (exact) mass is 314 g/mol. The fourth-order valence-corrected chi connectivity index (χ4v) is 2.36. The summed E-state index contributed by atoms with van der Waals surface area (Å²) in [7, 11) is 1.65. The lowest BCUT2D eigenvalue weighted by Crippen LogP contribution is -2.47. The highest BCUT2D eigenvalue weighted by atomic mass is 127. The summed E-state index contributed by atoms with van der Waals surface area (Å²) < 4.78 is 5.84. The summed E-state index contributed by atoms with van der Waals surface area (Å²) in [5.41, 5.74) is -0.250. The second-order valence-corrected chi connectivity index (χ2v) is 4.13. The Bertz CT molecular complexity index is 235. The van der Waals surface area contributed by atoms with E-state index < -0.39 is 0 Å². The third-order valence-corrected chi connectivity index (χ3v) is 2.97. The zero-order chi connectivity index (χ0) is 9.84. The number of amides is 1. The van der Waals surface area contributed by atoms with Crippen molar-refractivity contribution in [1.29, 1.82) is 0 Å². The largest absolute Gasteiger partial charge is 0.383 e. The molecule has 74 valence electrons. The van der Waals surface area contributed by atoms with E-state index in [-0.39, 0.29) is 11.4 Å². The molecule has 13 heavy (non-hydrogen) atoms. The quantitative estimate of drug-likeness (QED) is 0.454. The number of carbonyl (C=O) groups is 1. The van der Waals surface area contributed by atoms with E-state index in [1.54, 1.807) is 13.2 Å². The molecule has 0 aliphatic carbocycles. The molecule has 1 atom stereocenters. The number of hydrogen-bond donors (Lipinski definition) is 2. The Balaban J connectivity index is 2.61. The summed E-state index contributed by atoms with van der Waals surface area (Å²) in [6.07, 6.45) is 1.54. The molecule has 1 heterocycles. The van der Waals surface area contributed by atoms with Gasteiger partial charge in [-0.1, -0.05) is 0 Å². The van der Waals surface area contributed by atoms with Gasteiger partial charge >= 0.3 is 0 Å². The first-order valence-corrected chi connectivity index (χ1v) is 5.36. The molecule has 1 aliphatic rings. The van der Waals surface area contributed by atoms with Crippen molar-refractivity contribution in [2.75, 3.05) is 20.3 Å². The highest BCUT2D eigenvalue weighted by molar-refractivity contribution is 14.1. The van der Waals surface area contributed by atoms with Crippen LogP contribution in [0, 0.1) is 0 Å². The van der Waals surface area contributed by atoms with Gasteiger partial charge in [0, 0.05) is 19.7 Å². The Morgan fingerprint density at radius 1 is 1.85 bits per heavy atom. The van der Waals surface area contributed by atoms with Gasteiger partial charge in [0.05, 0.1) is 10.3 Å². The van der Waals surface area contributed by atoms with Crippen LogP contribution in [0.4, 0.5) is 0 Å². The van der Waals surface area contributed by atoms with Crippen molar-refractivity contribution in [2.45, 2.75) is 5.50 Å². The second-order valence-electron chi connectivity index (χ2n) is 2.54. The van der Waals surface area contributed by atoms with Gasteiger partial charge in [0.15, 0.2) is 0 Å². The highest BCUT2D eigenvalue weighted by Crippen LogP contribution is 2.20. The molecule has 1 unspecified atom stereocenters. The molecule has 1 rings (SSSR count). The maximum absolute atomic E-state index is 11.0. The fraction of sp³-hybridized carbons (Fsp3) is 0.571. The lowest BCUT2D eigenvalue weighted by Gasteiger charge is -2.33. The first-order valence-electron chi connectivity index (χ1n) is 3.76. The fourth-order valence-electron chi connectivity index (χ4n) is 0.973. The molecule has 0 spiro atoms. The average molecular weight is 314 g/mol. The summed E-state index contributed by atoms with van der Waals surface area (Å²) in [4.78, 5) is 13.0. The minimum atomic E-state index is -0.250. The average Bonchev–Trinajstić information content (AvgIpc) is 2.02. The van der Waals surface area contributed by atoms with Crippen molar-refractivity contribution in [2.24, 2.45) is 0 Å². The smallest absolute Gasteiger partial charge is 0.248 e. The second kappa shape index (κ2) is 5.06. The molecule has 0 radical (unpaired) electrons. The number of thiol groups is 1. The maximum atomic E-state index is 11.0. The van der Waals surface area contributed by atoms with Gasteiger partial charge in [-0.15, -0.1) is 12.6 Å². The van der Waals surface area contributed by atoms with E-state index in [0.29, 0.717) is 6.61 Å². The van der Waals surface area contributed by atoms with Crippen LogP contribution in [-0.4, -0.2) is 36.6 Å². The number of nitrogens with zero attached hydrogens (tertiary/aromatic N) is 1. The molecule has 0 aromatic heterocycles. The van der Waals surface area contributed by atoms with Crippen LogP contribution in [0.15, 0.2) is 9.78 Å². The molecule has 0 bridgehead atoms. The van der Waals surface area contributed by atoms with E-state index in [9.17, 15) is 4.79 Å². The molecule has 0 fully saturated rings. The Hall–Kier alpha value is 0.0500. The third kappa shape index (κ3) is 3.03. The Morgan fingerprint density at radius 3 is 3.08 bits per heavy atom. The number of halogens is 1. The predicted octanol–water partition coefficient (Wildman–Crippen LogP) is 0.554. The summed E-state index contributed by atoms with van der Waals surface area (Å²) in [6, 6.07) is 0. The molecule has 0 saturated heterocycles. The van der Waals surface area contributed by atoms with Gasteiger partial charge in [-0.25, -0.2) is 0 Å². The van der Waals surface area contributed by atoms with Crippen LogP contribution in [0.1, 0.15) is 0 Å². The summed E-state index contributed by atoms with van der Waals surface area (Å²) in [5.74, 6) is -0.0990. The normalized spacial score (nSPS) is 22.7. The molecular formula is C7H11IN2O2S. The molecule has 1 aliphatic heterocycles. The molecule has 1 N–H and O–H groups in total. The number of nitrogens with one attached hydrogen (secondary N) is 1. The van der Waals surface area contributed by atoms with Crippen molar-refractivity contribution < 1.29 is 9.53 Å². The van der Waals surface area contributed by atoms with Crippen LogP contribution in [0.3, 0.4) is 0 Å². The first-order chi connectivity index (χ1) is 6.15. The van der Waals surface area contributed by atoms with Gasteiger partial charge in [0.25, 0.3) is 0 Å². The third-order valence-electron chi connectivity index (χ3n) is 1.63. The van der Waals surface area contributed by atoms with E-state index in [4.69, 9.17) is 4.74 Å². The van der Waals surface area contributed by atoms with Gasteiger partial charge in [-0.2, -0.15) is 0 Å². The van der Waals surface area contributed by atoms with Crippen molar-refractivity contribution in [1.82, 2.24) is 10.2 Å². The lowest BCUT2D eigenvalue weighted by molar-refractivity contribution is -0.118. The van der Waals surface area contributed by atoms with Crippen LogP contribution in [0.5, 0.6) is 0 Å². The van der Waals surface area contributed by atoms with E-state index in [0.717, 1.165) is 10.2 Å². The summed E-state index contributed by atoms with van der Waals surface area (Å²) in [5, 5.41) is 2.68. The zero-order valence-electron chi connectivity index (χ0n) is 7.16. The number of ether oxygens (including phenoxy) is 1.